The Morgan fingerprint density at radius 2 is 2.09 bits per heavy atom. The van der Waals surface area contributed by atoms with Gasteiger partial charge in [-0.2, -0.15) is 9.61 Å². The lowest BCUT2D eigenvalue weighted by Crippen LogP contribution is -2.42. The number of ether oxygens (including phenoxy) is 1. The third-order valence-electron chi connectivity index (χ3n) is 6.38. The molecule has 0 bridgehead atoms. The zero-order chi connectivity index (χ0) is 22.3. The summed E-state index contributed by atoms with van der Waals surface area (Å²) in [6.45, 7) is 4.70. The van der Waals surface area contributed by atoms with Crippen molar-refractivity contribution in [3.8, 4) is 0 Å². The van der Waals surface area contributed by atoms with Gasteiger partial charge in [0.2, 0.25) is 5.95 Å². The number of nitrogens with zero attached hydrogens (tertiary/aromatic N) is 6. The molecule has 0 saturated carbocycles. The van der Waals surface area contributed by atoms with E-state index in [1.807, 2.05) is 23.7 Å². The Hall–Kier alpha value is -2.14. The van der Waals surface area contributed by atoms with E-state index in [1.165, 1.54) is 11.8 Å². The number of hydrogen-bond donors (Lipinski definition) is 2. The fourth-order valence-electron chi connectivity index (χ4n) is 4.70. The van der Waals surface area contributed by atoms with Gasteiger partial charge in [0, 0.05) is 36.4 Å². The van der Waals surface area contributed by atoms with Crippen LogP contribution in [0.3, 0.4) is 0 Å². The molecule has 2 atom stereocenters. The van der Waals surface area contributed by atoms with Crippen LogP contribution in [-0.4, -0.2) is 56.4 Å². The Balaban J connectivity index is 1.33. The predicted molar refractivity (Wildman–Crippen MR) is 125 cm³/mol. The second-order valence-corrected chi connectivity index (χ2v) is 10.3. The number of aromatic nitrogens is 5. The van der Waals surface area contributed by atoms with Crippen molar-refractivity contribution in [2.24, 2.45) is 11.1 Å². The number of anilines is 2. The maximum absolute atomic E-state index is 6.32. The van der Waals surface area contributed by atoms with Crippen LogP contribution >= 0.6 is 23.4 Å². The molecule has 0 unspecified atom stereocenters. The third kappa shape index (κ3) is 4.12. The number of piperidine rings is 1. The molecule has 3 aromatic heterocycles. The van der Waals surface area contributed by atoms with E-state index in [-0.39, 0.29) is 17.6 Å². The lowest BCUT2D eigenvalue weighted by atomic mass is 9.76. The van der Waals surface area contributed by atoms with Crippen LogP contribution in [0.1, 0.15) is 32.6 Å². The number of rotatable bonds is 5. The van der Waals surface area contributed by atoms with Gasteiger partial charge in [0.15, 0.2) is 5.65 Å². The van der Waals surface area contributed by atoms with Crippen molar-refractivity contribution < 1.29 is 4.74 Å². The van der Waals surface area contributed by atoms with Crippen LogP contribution in [0.25, 0.3) is 5.65 Å². The van der Waals surface area contributed by atoms with Crippen molar-refractivity contribution in [1.29, 1.82) is 0 Å². The molecule has 0 radical (unpaired) electrons. The third-order valence-corrected chi connectivity index (χ3v) is 7.96. The average molecular weight is 475 g/mol. The van der Waals surface area contributed by atoms with Crippen molar-refractivity contribution >= 4 is 40.8 Å². The van der Waals surface area contributed by atoms with E-state index in [9.17, 15) is 0 Å². The maximum Gasteiger partial charge on any atom is 0.228 e. The van der Waals surface area contributed by atoms with Gasteiger partial charge < -0.3 is 21.1 Å². The Bertz CT molecular complexity index is 1110. The monoisotopic (exact) mass is 474 g/mol. The molecular weight excluding hydrogens is 448 g/mol. The van der Waals surface area contributed by atoms with Crippen LogP contribution in [0.5, 0.6) is 0 Å². The molecule has 0 aliphatic carbocycles. The highest BCUT2D eigenvalue weighted by Crippen LogP contribution is 2.44. The molecule has 3 aromatic rings. The minimum absolute atomic E-state index is 0.176. The van der Waals surface area contributed by atoms with Crippen LogP contribution in [0.4, 0.5) is 11.8 Å². The fourth-order valence-corrected chi connectivity index (χ4v) is 5.83. The largest absolute Gasteiger partial charge is 0.382 e. The predicted octanol–water partition coefficient (Wildman–Crippen LogP) is 3.02. The molecule has 9 nitrogen and oxygen atoms in total. The second-order valence-electron chi connectivity index (χ2n) is 8.87. The zero-order valence-corrected chi connectivity index (χ0v) is 19.5. The molecule has 11 heteroatoms. The van der Waals surface area contributed by atoms with Crippen molar-refractivity contribution in [1.82, 2.24) is 24.6 Å². The minimum Gasteiger partial charge on any atom is -0.382 e. The van der Waals surface area contributed by atoms with E-state index in [4.69, 9.17) is 32.8 Å². The summed E-state index contributed by atoms with van der Waals surface area (Å²) in [5.41, 5.74) is 12.8. The van der Waals surface area contributed by atoms with Crippen molar-refractivity contribution in [2.45, 2.75) is 54.5 Å². The van der Waals surface area contributed by atoms with Gasteiger partial charge in [0.1, 0.15) is 12.1 Å². The molecule has 0 aromatic carbocycles. The highest BCUT2D eigenvalue weighted by molar-refractivity contribution is 7.99. The Kier molecular flexibility index (Phi) is 5.87. The molecular formula is C21H27ClN8OS. The standard InChI is InChI=1S/C21H27ClN8OS/c1-13(23)8-14-9-21(11-31-14)3-6-29(7-4-21)20-26-10-16(19-27-12-28-30(19)20)32-15-2-5-25-18(24)17(15)22/h2,5,10,12-14H,3-4,6-9,11,23H2,1H3,(H2,24,25)/t13-,14+/m1/s1. The van der Waals surface area contributed by atoms with Crippen LogP contribution in [0.2, 0.25) is 5.02 Å². The summed E-state index contributed by atoms with van der Waals surface area (Å²) >= 11 is 7.78. The van der Waals surface area contributed by atoms with Crippen molar-refractivity contribution in [3.63, 3.8) is 0 Å². The second kappa shape index (κ2) is 8.66. The lowest BCUT2D eigenvalue weighted by Gasteiger charge is -2.38. The first-order chi connectivity index (χ1) is 15.4. The summed E-state index contributed by atoms with van der Waals surface area (Å²) in [7, 11) is 0. The first-order valence-corrected chi connectivity index (χ1v) is 12.0. The summed E-state index contributed by atoms with van der Waals surface area (Å²) in [6, 6.07) is 2.01. The summed E-state index contributed by atoms with van der Waals surface area (Å²) < 4.78 is 7.89. The summed E-state index contributed by atoms with van der Waals surface area (Å²) in [4.78, 5) is 17.2. The molecule has 0 amide bonds. The number of hydrogen-bond acceptors (Lipinski definition) is 9. The van der Waals surface area contributed by atoms with Crippen LogP contribution in [-0.2, 0) is 4.74 Å². The van der Waals surface area contributed by atoms with E-state index in [0.29, 0.717) is 10.8 Å². The summed E-state index contributed by atoms with van der Waals surface area (Å²) in [5, 5.41) is 4.88. The van der Waals surface area contributed by atoms with Gasteiger partial charge >= 0.3 is 0 Å². The van der Waals surface area contributed by atoms with Gasteiger partial charge in [0.25, 0.3) is 0 Å². The average Bonchev–Trinajstić information content (AvgIpc) is 3.40. The van der Waals surface area contributed by atoms with Gasteiger partial charge in [-0.05, 0) is 44.1 Å². The normalized spacial score (nSPS) is 21.5. The Morgan fingerprint density at radius 3 is 2.88 bits per heavy atom. The minimum atomic E-state index is 0.176. The van der Waals surface area contributed by atoms with Gasteiger partial charge in [-0.3, -0.25) is 0 Å². The number of halogens is 1. The molecule has 5 rings (SSSR count). The fraction of sp³-hybridized carbons (Fsp3) is 0.524. The van der Waals surface area contributed by atoms with E-state index in [2.05, 4.69) is 20.0 Å². The number of nitrogens with two attached hydrogens (primary N) is 2. The summed E-state index contributed by atoms with van der Waals surface area (Å²) in [5.74, 6) is 1.11. The summed E-state index contributed by atoms with van der Waals surface area (Å²) in [6.07, 6.45) is 9.48. The van der Waals surface area contributed by atoms with Crippen LogP contribution < -0.4 is 16.4 Å². The van der Waals surface area contributed by atoms with E-state index < -0.39 is 0 Å². The molecule has 1 spiro atoms. The van der Waals surface area contributed by atoms with Gasteiger partial charge in [-0.15, -0.1) is 0 Å². The maximum atomic E-state index is 6.32. The Morgan fingerprint density at radius 1 is 1.28 bits per heavy atom. The Labute approximate surface area is 195 Å². The molecule has 2 aliphatic rings. The SMILES string of the molecule is C[C@@H](N)C[C@H]1CC2(CCN(c3ncc(Sc4ccnc(N)c4Cl)c4ncnn34)CC2)CO1. The molecule has 2 aliphatic heterocycles. The molecule has 5 heterocycles. The van der Waals surface area contributed by atoms with Gasteiger partial charge in [-0.1, -0.05) is 23.4 Å². The quantitative estimate of drug-likeness (QED) is 0.574. The van der Waals surface area contributed by atoms with Gasteiger partial charge in [0.05, 0.1) is 22.6 Å². The number of fused-ring (bicyclic) bond motifs is 1. The lowest BCUT2D eigenvalue weighted by molar-refractivity contribution is 0.0809. The highest BCUT2D eigenvalue weighted by atomic mass is 35.5. The van der Waals surface area contributed by atoms with E-state index in [1.54, 1.807) is 12.5 Å². The molecule has 170 valence electrons. The smallest absolute Gasteiger partial charge is 0.228 e. The highest BCUT2D eigenvalue weighted by Gasteiger charge is 2.43. The molecule has 2 fully saturated rings. The van der Waals surface area contributed by atoms with Crippen LogP contribution in [0.15, 0.2) is 34.6 Å². The number of pyridine rings is 1. The van der Waals surface area contributed by atoms with Crippen molar-refractivity contribution in [2.75, 3.05) is 30.3 Å². The van der Waals surface area contributed by atoms with Crippen LogP contribution in [0, 0.1) is 5.41 Å². The number of nitrogen functional groups attached to an aromatic ring is 1. The molecule has 32 heavy (non-hydrogen) atoms. The van der Waals surface area contributed by atoms with E-state index in [0.717, 1.165) is 66.8 Å². The molecule has 2 saturated heterocycles. The van der Waals surface area contributed by atoms with Gasteiger partial charge in [-0.25, -0.2) is 15.0 Å². The molecule has 4 N–H and O–H groups in total. The van der Waals surface area contributed by atoms with E-state index >= 15 is 0 Å². The zero-order valence-electron chi connectivity index (χ0n) is 17.9. The first-order valence-electron chi connectivity index (χ1n) is 10.8. The van der Waals surface area contributed by atoms with Crippen molar-refractivity contribution in [3.05, 3.63) is 29.8 Å². The first kappa shape index (κ1) is 21.7. The topological polar surface area (TPSA) is 120 Å².